The van der Waals surface area contributed by atoms with Crippen LogP contribution < -0.4 is 5.32 Å². The number of nitrogens with one attached hydrogen (secondary N) is 1. The number of nitrogens with zero attached hydrogens (tertiary/aromatic N) is 2. The molecule has 2 atom stereocenters. The summed E-state index contributed by atoms with van der Waals surface area (Å²) < 4.78 is 25.1. The Bertz CT molecular complexity index is 467. The second-order valence-corrected chi connectivity index (χ2v) is 7.18. The molecule has 0 amide bonds. The zero-order valence-corrected chi connectivity index (χ0v) is 12.4. The number of aromatic nitrogens is 2. The lowest BCUT2D eigenvalue weighted by Gasteiger charge is -2.23. The van der Waals surface area contributed by atoms with Gasteiger partial charge in [-0.2, -0.15) is 5.10 Å². The third-order valence-electron chi connectivity index (χ3n) is 3.10. The van der Waals surface area contributed by atoms with E-state index in [4.69, 9.17) is 0 Å². The minimum absolute atomic E-state index is 0.0881. The van der Waals surface area contributed by atoms with E-state index in [1.165, 1.54) is 6.26 Å². The molecule has 6 heteroatoms. The van der Waals surface area contributed by atoms with E-state index in [-0.39, 0.29) is 6.04 Å². The number of aryl methyl sites for hydroxylation is 1. The molecule has 0 saturated heterocycles. The first kappa shape index (κ1) is 15.2. The zero-order chi connectivity index (χ0) is 13.8. The summed E-state index contributed by atoms with van der Waals surface area (Å²) in [4.78, 5) is 0. The lowest BCUT2D eigenvalue weighted by molar-refractivity contribution is 0.477. The summed E-state index contributed by atoms with van der Waals surface area (Å²) in [5.74, 6) is 0. The van der Waals surface area contributed by atoms with E-state index in [0.29, 0.717) is 6.42 Å². The van der Waals surface area contributed by atoms with Crippen LogP contribution in [0.2, 0.25) is 0 Å². The van der Waals surface area contributed by atoms with Crippen molar-refractivity contribution in [2.45, 2.75) is 38.0 Å². The molecule has 1 aromatic rings. The van der Waals surface area contributed by atoms with E-state index in [1.807, 2.05) is 19.3 Å². The second-order valence-electron chi connectivity index (χ2n) is 4.78. The SMILES string of the molecule is CCCNC(Cc1ccn(C)n1)C(C)S(C)(=O)=O. The van der Waals surface area contributed by atoms with Crippen LogP contribution >= 0.6 is 0 Å². The van der Waals surface area contributed by atoms with Crippen LogP contribution in [0.5, 0.6) is 0 Å². The van der Waals surface area contributed by atoms with Gasteiger partial charge in [-0.1, -0.05) is 6.92 Å². The summed E-state index contributed by atoms with van der Waals surface area (Å²) in [5, 5.41) is 7.20. The van der Waals surface area contributed by atoms with Crippen LogP contribution in [-0.2, 0) is 23.3 Å². The van der Waals surface area contributed by atoms with Gasteiger partial charge in [0.1, 0.15) is 0 Å². The molecule has 1 rings (SSSR count). The Morgan fingerprint density at radius 3 is 2.61 bits per heavy atom. The fourth-order valence-electron chi connectivity index (χ4n) is 1.83. The molecule has 0 radical (unpaired) electrons. The van der Waals surface area contributed by atoms with Crippen molar-refractivity contribution in [1.82, 2.24) is 15.1 Å². The maximum Gasteiger partial charge on any atom is 0.151 e. The van der Waals surface area contributed by atoms with Crippen molar-refractivity contribution in [3.63, 3.8) is 0 Å². The average Bonchev–Trinajstić information content (AvgIpc) is 2.68. The minimum atomic E-state index is -3.04. The van der Waals surface area contributed by atoms with Gasteiger partial charge in [0.15, 0.2) is 9.84 Å². The van der Waals surface area contributed by atoms with Gasteiger partial charge in [-0.25, -0.2) is 8.42 Å². The van der Waals surface area contributed by atoms with Gasteiger partial charge in [0.25, 0.3) is 0 Å². The van der Waals surface area contributed by atoms with E-state index in [9.17, 15) is 8.42 Å². The molecule has 0 spiro atoms. The van der Waals surface area contributed by atoms with E-state index in [0.717, 1.165) is 18.7 Å². The molecule has 1 aromatic heterocycles. The molecule has 104 valence electrons. The maximum absolute atomic E-state index is 11.7. The summed E-state index contributed by atoms with van der Waals surface area (Å²) >= 11 is 0. The molecule has 0 aliphatic heterocycles. The third-order valence-corrected chi connectivity index (χ3v) is 4.78. The van der Waals surface area contributed by atoms with Crippen molar-refractivity contribution >= 4 is 9.84 Å². The summed E-state index contributed by atoms with van der Waals surface area (Å²) in [7, 11) is -1.18. The summed E-state index contributed by atoms with van der Waals surface area (Å²) in [6.45, 7) is 4.64. The van der Waals surface area contributed by atoms with Gasteiger partial charge in [-0.3, -0.25) is 4.68 Å². The lowest BCUT2D eigenvalue weighted by Crippen LogP contribution is -2.44. The molecule has 0 aromatic carbocycles. The van der Waals surface area contributed by atoms with Crippen LogP contribution in [0.4, 0.5) is 0 Å². The highest BCUT2D eigenvalue weighted by Crippen LogP contribution is 2.10. The highest BCUT2D eigenvalue weighted by molar-refractivity contribution is 7.91. The molecule has 0 aliphatic rings. The minimum Gasteiger partial charge on any atom is -0.312 e. The third kappa shape index (κ3) is 4.42. The normalized spacial score (nSPS) is 15.6. The fourth-order valence-corrected chi connectivity index (χ4v) is 2.62. The molecule has 5 nitrogen and oxygen atoms in total. The van der Waals surface area contributed by atoms with Crippen LogP contribution in [0.3, 0.4) is 0 Å². The van der Waals surface area contributed by atoms with Gasteiger partial charge in [0.05, 0.1) is 10.9 Å². The first-order valence-corrected chi connectivity index (χ1v) is 8.20. The van der Waals surface area contributed by atoms with Gasteiger partial charge >= 0.3 is 0 Å². The number of rotatable bonds is 7. The van der Waals surface area contributed by atoms with Crippen molar-refractivity contribution < 1.29 is 8.42 Å². The van der Waals surface area contributed by atoms with Crippen LogP contribution in [0.25, 0.3) is 0 Å². The Morgan fingerprint density at radius 1 is 1.50 bits per heavy atom. The molecular formula is C12H23N3O2S. The van der Waals surface area contributed by atoms with Gasteiger partial charge < -0.3 is 5.32 Å². The zero-order valence-electron chi connectivity index (χ0n) is 11.5. The molecular weight excluding hydrogens is 250 g/mol. The van der Waals surface area contributed by atoms with Gasteiger partial charge in [0.2, 0.25) is 0 Å². The average molecular weight is 273 g/mol. The fraction of sp³-hybridized carbons (Fsp3) is 0.750. The topological polar surface area (TPSA) is 64.0 Å². The van der Waals surface area contributed by atoms with E-state index in [1.54, 1.807) is 11.6 Å². The summed E-state index contributed by atoms with van der Waals surface area (Å²) in [6, 6.07) is 1.84. The quantitative estimate of drug-likeness (QED) is 0.797. The van der Waals surface area contributed by atoms with Crippen molar-refractivity contribution in [2.75, 3.05) is 12.8 Å². The van der Waals surface area contributed by atoms with Crippen molar-refractivity contribution in [1.29, 1.82) is 0 Å². The summed E-state index contributed by atoms with van der Waals surface area (Å²) in [6.07, 6.45) is 4.78. The molecule has 2 unspecified atom stereocenters. The Hall–Kier alpha value is -0.880. The first-order valence-electron chi connectivity index (χ1n) is 6.25. The number of hydrogen-bond acceptors (Lipinski definition) is 4. The van der Waals surface area contributed by atoms with E-state index < -0.39 is 15.1 Å². The predicted molar refractivity (Wildman–Crippen MR) is 73.3 cm³/mol. The van der Waals surface area contributed by atoms with Crippen molar-refractivity contribution in [2.24, 2.45) is 7.05 Å². The Labute approximate surface area is 109 Å². The van der Waals surface area contributed by atoms with Gasteiger partial charge in [0, 0.05) is 32.0 Å². The van der Waals surface area contributed by atoms with Gasteiger partial charge in [-0.05, 0) is 26.0 Å². The maximum atomic E-state index is 11.7. The number of hydrogen-bond donors (Lipinski definition) is 1. The highest BCUT2D eigenvalue weighted by atomic mass is 32.2. The number of sulfone groups is 1. The van der Waals surface area contributed by atoms with Crippen LogP contribution in [-0.4, -0.2) is 42.3 Å². The monoisotopic (exact) mass is 273 g/mol. The Balaban J connectivity index is 2.78. The lowest BCUT2D eigenvalue weighted by atomic mass is 10.1. The smallest absolute Gasteiger partial charge is 0.151 e. The predicted octanol–water partition coefficient (Wildman–Crippen LogP) is 0.764. The standard InChI is InChI=1S/C12H23N3O2S/c1-5-7-13-12(10(2)18(4,16)17)9-11-6-8-15(3)14-11/h6,8,10,12-13H,5,7,9H2,1-4H3. The molecule has 18 heavy (non-hydrogen) atoms. The Kier molecular flexibility index (Phi) is 5.34. The molecule has 0 saturated carbocycles. The van der Waals surface area contributed by atoms with E-state index >= 15 is 0 Å². The largest absolute Gasteiger partial charge is 0.312 e. The van der Waals surface area contributed by atoms with E-state index in [2.05, 4.69) is 17.3 Å². The summed E-state index contributed by atoms with van der Waals surface area (Å²) in [5.41, 5.74) is 0.918. The highest BCUT2D eigenvalue weighted by Gasteiger charge is 2.26. The molecule has 1 N–H and O–H groups in total. The first-order chi connectivity index (χ1) is 8.34. The van der Waals surface area contributed by atoms with Crippen LogP contribution in [0.15, 0.2) is 12.3 Å². The molecule has 0 aliphatic carbocycles. The van der Waals surface area contributed by atoms with Gasteiger partial charge in [-0.15, -0.1) is 0 Å². The molecule has 0 bridgehead atoms. The Morgan fingerprint density at radius 2 is 2.17 bits per heavy atom. The van der Waals surface area contributed by atoms with Crippen LogP contribution in [0.1, 0.15) is 26.0 Å². The van der Waals surface area contributed by atoms with Crippen molar-refractivity contribution in [3.05, 3.63) is 18.0 Å². The second kappa shape index (κ2) is 6.33. The molecule has 1 heterocycles. The van der Waals surface area contributed by atoms with Crippen LogP contribution in [0, 0.1) is 0 Å². The molecule has 0 fully saturated rings. The van der Waals surface area contributed by atoms with Crippen molar-refractivity contribution in [3.8, 4) is 0 Å².